The fourth-order valence-electron chi connectivity index (χ4n) is 0.675. The van der Waals surface area contributed by atoms with Crippen molar-refractivity contribution in [3.63, 3.8) is 0 Å². The van der Waals surface area contributed by atoms with Crippen molar-refractivity contribution >= 4 is 15.9 Å². The van der Waals surface area contributed by atoms with Gasteiger partial charge in [0, 0.05) is 11.8 Å². The Kier molecular flexibility index (Phi) is 8.08. The zero-order valence-electron chi connectivity index (χ0n) is 5.70. The molecule has 0 atom stereocenters. The minimum Gasteiger partial charge on any atom is -0.120 e. The fraction of sp³-hybridized carbons (Fsp3) is 0.750. The van der Waals surface area contributed by atoms with Crippen LogP contribution in [0.1, 0.15) is 32.1 Å². The highest BCUT2D eigenvalue weighted by Gasteiger charge is 1.85. The standard InChI is InChI=1S/C8H13Br/c1-2-3-4-5-6-7-8-9/h1H,3-8H2. The van der Waals surface area contributed by atoms with Crippen molar-refractivity contribution in [2.24, 2.45) is 0 Å². The monoisotopic (exact) mass is 188 g/mol. The lowest BCUT2D eigenvalue weighted by Crippen LogP contribution is -1.77. The molecule has 0 rings (SSSR count). The average Bonchev–Trinajstić information content (AvgIpc) is 1.89. The summed E-state index contributed by atoms with van der Waals surface area (Å²) in [6.45, 7) is 0. The van der Waals surface area contributed by atoms with Gasteiger partial charge < -0.3 is 0 Å². The van der Waals surface area contributed by atoms with Gasteiger partial charge in [-0.1, -0.05) is 28.8 Å². The van der Waals surface area contributed by atoms with Crippen LogP contribution in [-0.4, -0.2) is 5.33 Å². The summed E-state index contributed by atoms with van der Waals surface area (Å²) in [5.74, 6) is 2.63. The summed E-state index contributed by atoms with van der Waals surface area (Å²) >= 11 is 3.38. The predicted octanol–water partition coefficient (Wildman–Crippen LogP) is 2.97. The molecule has 1 heteroatoms. The molecule has 0 bridgehead atoms. The van der Waals surface area contributed by atoms with Crippen molar-refractivity contribution < 1.29 is 0 Å². The van der Waals surface area contributed by atoms with Crippen LogP contribution in [0, 0.1) is 12.3 Å². The Bertz CT molecular complexity index is 81.1. The lowest BCUT2D eigenvalue weighted by atomic mass is 10.2. The third kappa shape index (κ3) is 8.04. The van der Waals surface area contributed by atoms with Crippen LogP contribution in [-0.2, 0) is 0 Å². The number of alkyl halides is 1. The largest absolute Gasteiger partial charge is 0.120 e. The third-order valence-corrected chi connectivity index (χ3v) is 1.77. The van der Waals surface area contributed by atoms with Crippen LogP contribution in [0.3, 0.4) is 0 Å². The van der Waals surface area contributed by atoms with E-state index in [0.717, 1.165) is 11.8 Å². The molecule has 0 aromatic carbocycles. The quantitative estimate of drug-likeness (QED) is 0.354. The van der Waals surface area contributed by atoms with Gasteiger partial charge in [-0.25, -0.2) is 0 Å². The van der Waals surface area contributed by atoms with E-state index in [0.29, 0.717) is 0 Å². The molecule has 0 heterocycles. The van der Waals surface area contributed by atoms with Gasteiger partial charge in [0.2, 0.25) is 0 Å². The lowest BCUT2D eigenvalue weighted by Gasteiger charge is -1.93. The van der Waals surface area contributed by atoms with Gasteiger partial charge in [0.15, 0.2) is 0 Å². The predicted molar refractivity (Wildman–Crippen MR) is 45.7 cm³/mol. The highest BCUT2D eigenvalue weighted by molar-refractivity contribution is 9.09. The molecule has 0 aliphatic carbocycles. The maximum atomic E-state index is 5.08. The summed E-state index contributed by atoms with van der Waals surface area (Å²) in [5.41, 5.74) is 0. The molecule has 0 fully saturated rings. The topological polar surface area (TPSA) is 0 Å². The zero-order valence-corrected chi connectivity index (χ0v) is 7.28. The van der Waals surface area contributed by atoms with Gasteiger partial charge in [-0.15, -0.1) is 12.3 Å². The molecule has 0 amide bonds. The minimum atomic E-state index is 0.947. The SMILES string of the molecule is C#CCCCCCCBr. The normalized spacial score (nSPS) is 8.89. The second-order valence-electron chi connectivity index (χ2n) is 2.06. The molecule has 0 aromatic heterocycles. The number of unbranched alkanes of at least 4 members (excludes halogenated alkanes) is 4. The Morgan fingerprint density at radius 3 is 2.33 bits per heavy atom. The van der Waals surface area contributed by atoms with Crippen molar-refractivity contribution in [2.75, 3.05) is 5.33 Å². The van der Waals surface area contributed by atoms with Gasteiger partial charge in [-0.2, -0.15) is 0 Å². The first-order chi connectivity index (χ1) is 4.41. The molecule has 0 radical (unpaired) electrons. The maximum absolute atomic E-state index is 5.08. The van der Waals surface area contributed by atoms with E-state index >= 15 is 0 Å². The number of hydrogen-bond donors (Lipinski definition) is 0. The second-order valence-corrected chi connectivity index (χ2v) is 2.85. The molecule has 0 N–H and O–H groups in total. The number of rotatable bonds is 5. The minimum absolute atomic E-state index is 0.947. The zero-order chi connectivity index (χ0) is 6.95. The van der Waals surface area contributed by atoms with Crippen LogP contribution in [0.25, 0.3) is 0 Å². The van der Waals surface area contributed by atoms with Crippen LogP contribution in [0.4, 0.5) is 0 Å². The van der Waals surface area contributed by atoms with Gasteiger partial charge in [0.05, 0.1) is 0 Å². The molecule has 0 nitrogen and oxygen atoms in total. The van der Waals surface area contributed by atoms with E-state index in [-0.39, 0.29) is 0 Å². The van der Waals surface area contributed by atoms with Crippen molar-refractivity contribution in [3.05, 3.63) is 0 Å². The van der Waals surface area contributed by atoms with Crippen molar-refractivity contribution in [2.45, 2.75) is 32.1 Å². The summed E-state index contributed by atoms with van der Waals surface area (Å²) < 4.78 is 0. The Labute approximate surface area is 66.2 Å². The van der Waals surface area contributed by atoms with E-state index in [1.54, 1.807) is 0 Å². The lowest BCUT2D eigenvalue weighted by molar-refractivity contribution is 0.685. The van der Waals surface area contributed by atoms with E-state index in [1.165, 1.54) is 25.7 Å². The fourth-order valence-corrected chi connectivity index (χ4v) is 1.07. The number of hydrogen-bond acceptors (Lipinski definition) is 0. The van der Waals surface area contributed by atoms with E-state index < -0.39 is 0 Å². The molecular formula is C8H13Br. The van der Waals surface area contributed by atoms with Gasteiger partial charge in [0.1, 0.15) is 0 Å². The second kappa shape index (κ2) is 8.04. The van der Waals surface area contributed by atoms with Crippen LogP contribution < -0.4 is 0 Å². The highest BCUT2D eigenvalue weighted by atomic mass is 79.9. The molecule has 0 saturated carbocycles. The maximum Gasteiger partial charge on any atom is 0.00860 e. The van der Waals surface area contributed by atoms with Crippen molar-refractivity contribution in [1.82, 2.24) is 0 Å². The third-order valence-electron chi connectivity index (χ3n) is 1.20. The summed E-state index contributed by atoms with van der Waals surface area (Å²) in [4.78, 5) is 0. The smallest absolute Gasteiger partial charge is 0.00860 e. The van der Waals surface area contributed by atoms with Crippen molar-refractivity contribution in [3.8, 4) is 12.3 Å². The molecule has 0 aliphatic rings. The Morgan fingerprint density at radius 1 is 1.11 bits per heavy atom. The summed E-state index contributed by atoms with van der Waals surface area (Å²) in [5, 5.41) is 1.13. The first-order valence-electron chi connectivity index (χ1n) is 3.41. The Morgan fingerprint density at radius 2 is 1.78 bits per heavy atom. The van der Waals surface area contributed by atoms with Crippen molar-refractivity contribution in [1.29, 1.82) is 0 Å². The summed E-state index contributed by atoms with van der Waals surface area (Å²) in [6.07, 6.45) is 11.1. The van der Waals surface area contributed by atoms with Crippen LogP contribution >= 0.6 is 15.9 Å². The Hall–Kier alpha value is 0.0400. The molecule has 0 saturated heterocycles. The van der Waals surface area contributed by atoms with Gasteiger partial charge in [-0.05, 0) is 12.8 Å². The van der Waals surface area contributed by atoms with Gasteiger partial charge >= 0.3 is 0 Å². The average molecular weight is 189 g/mol. The number of halogens is 1. The van der Waals surface area contributed by atoms with Gasteiger partial charge in [0.25, 0.3) is 0 Å². The molecule has 9 heavy (non-hydrogen) atoms. The highest BCUT2D eigenvalue weighted by Crippen LogP contribution is 2.03. The van der Waals surface area contributed by atoms with Crippen LogP contribution in [0.15, 0.2) is 0 Å². The molecule has 0 aliphatic heterocycles. The first kappa shape index (κ1) is 9.04. The molecular weight excluding hydrogens is 176 g/mol. The molecule has 0 unspecified atom stereocenters. The van der Waals surface area contributed by atoms with E-state index in [4.69, 9.17) is 6.42 Å². The van der Waals surface area contributed by atoms with Crippen LogP contribution in [0.2, 0.25) is 0 Å². The van der Waals surface area contributed by atoms with E-state index in [2.05, 4.69) is 21.9 Å². The van der Waals surface area contributed by atoms with E-state index in [1.807, 2.05) is 0 Å². The molecule has 0 aromatic rings. The molecule has 52 valence electrons. The Balaban J connectivity index is 2.69. The van der Waals surface area contributed by atoms with Crippen LogP contribution in [0.5, 0.6) is 0 Å². The summed E-state index contributed by atoms with van der Waals surface area (Å²) in [6, 6.07) is 0. The van der Waals surface area contributed by atoms with E-state index in [9.17, 15) is 0 Å². The number of terminal acetylenes is 1. The molecule has 0 spiro atoms. The summed E-state index contributed by atoms with van der Waals surface area (Å²) in [7, 11) is 0. The van der Waals surface area contributed by atoms with Gasteiger partial charge in [-0.3, -0.25) is 0 Å². The first-order valence-corrected chi connectivity index (χ1v) is 4.53.